The van der Waals surface area contributed by atoms with Crippen LogP contribution in [0, 0.1) is 6.92 Å². The maximum atomic E-state index is 12.1. The van der Waals surface area contributed by atoms with Crippen molar-refractivity contribution in [1.82, 2.24) is 5.32 Å². The fourth-order valence-electron chi connectivity index (χ4n) is 1.99. The molecule has 0 fully saturated rings. The van der Waals surface area contributed by atoms with Crippen LogP contribution < -0.4 is 15.8 Å². The summed E-state index contributed by atoms with van der Waals surface area (Å²) >= 11 is 0. The van der Waals surface area contributed by atoms with Gasteiger partial charge in [-0.1, -0.05) is 6.07 Å². The van der Waals surface area contributed by atoms with Crippen molar-refractivity contribution in [3.63, 3.8) is 0 Å². The van der Waals surface area contributed by atoms with Gasteiger partial charge in [-0.15, -0.1) is 0 Å². The predicted octanol–water partition coefficient (Wildman–Crippen LogP) is 2.22. The van der Waals surface area contributed by atoms with Gasteiger partial charge in [-0.2, -0.15) is 0 Å². The molecule has 0 aromatic heterocycles. The van der Waals surface area contributed by atoms with Crippen LogP contribution in [0.4, 0.5) is 5.69 Å². The van der Waals surface area contributed by atoms with Gasteiger partial charge in [-0.05, 0) is 42.8 Å². The zero-order valence-corrected chi connectivity index (χ0v) is 12.0. The molecule has 0 aliphatic carbocycles. The van der Waals surface area contributed by atoms with Gasteiger partial charge in [0.05, 0.1) is 7.11 Å². The van der Waals surface area contributed by atoms with E-state index in [0.29, 0.717) is 22.6 Å². The molecule has 0 atom stereocenters. The van der Waals surface area contributed by atoms with Crippen molar-refractivity contribution < 1.29 is 14.6 Å². The molecule has 0 aliphatic heterocycles. The Morgan fingerprint density at radius 1 is 1.29 bits per heavy atom. The first-order valence-corrected chi connectivity index (χ1v) is 6.51. The first kappa shape index (κ1) is 14.7. The summed E-state index contributed by atoms with van der Waals surface area (Å²) in [5.74, 6) is 0.524. The Morgan fingerprint density at radius 3 is 2.76 bits per heavy atom. The molecule has 1 amide bonds. The molecule has 2 aromatic carbocycles. The summed E-state index contributed by atoms with van der Waals surface area (Å²) in [5, 5.41) is 12.5. The van der Waals surface area contributed by atoms with Gasteiger partial charge in [0.2, 0.25) is 0 Å². The molecule has 0 radical (unpaired) electrons. The fourth-order valence-corrected chi connectivity index (χ4v) is 1.99. The van der Waals surface area contributed by atoms with E-state index < -0.39 is 0 Å². The highest BCUT2D eigenvalue weighted by molar-refractivity contribution is 5.94. The Morgan fingerprint density at radius 2 is 2.05 bits per heavy atom. The van der Waals surface area contributed by atoms with Gasteiger partial charge in [-0.25, -0.2) is 0 Å². The van der Waals surface area contributed by atoms with E-state index >= 15 is 0 Å². The molecule has 0 unspecified atom stereocenters. The van der Waals surface area contributed by atoms with Crippen LogP contribution in [-0.4, -0.2) is 18.1 Å². The number of phenols is 1. The fraction of sp³-hybridized carbons (Fsp3) is 0.188. The number of nitrogen functional groups attached to an aromatic ring is 1. The minimum absolute atomic E-state index is 0.103. The van der Waals surface area contributed by atoms with Crippen molar-refractivity contribution in [2.45, 2.75) is 13.5 Å². The van der Waals surface area contributed by atoms with E-state index in [2.05, 4.69) is 5.32 Å². The molecule has 21 heavy (non-hydrogen) atoms. The van der Waals surface area contributed by atoms with Gasteiger partial charge in [0.25, 0.3) is 5.91 Å². The number of rotatable bonds is 4. The van der Waals surface area contributed by atoms with Crippen LogP contribution in [0.3, 0.4) is 0 Å². The Balaban J connectivity index is 2.10. The molecule has 4 N–H and O–H groups in total. The Kier molecular flexibility index (Phi) is 4.33. The number of hydrogen-bond donors (Lipinski definition) is 3. The first-order valence-electron chi connectivity index (χ1n) is 6.51. The standard InChI is InChI=1S/C16H18N2O3/c1-10-3-4-11(8-15(10)21-2)16(20)18-9-12-7-13(17)5-6-14(12)19/h3-8,19H,9,17H2,1-2H3,(H,18,20). The highest BCUT2D eigenvalue weighted by Gasteiger charge is 2.09. The molecule has 0 spiro atoms. The van der Waals surface area contributed by atoms with Gasteiger partial charge < -0.3 is 20.9 Å². The van der Waals surface area contributed by atoms with E-state index in [1.54, 1.807) is 31.4 Å². The number of aryl methyl sites for hydroxylation is 1. The summed E-state index contributed by atoms with van der Waals surface area (Å²) in [6.45, 7) is 2.11. The zero-order valence-electron chi connectivity index (χ0n) is 12.0. The third-order valence-corrected chi connectivity index (χ3v) is 3.21. The largest absolute Gasteiger partial charge is 0.508 e. The number of amides is 1. The van der Waals surface area contributed by atoms with Crippen LogP contribution >= 0.6 is 0 Å². The van der Waals surface area contributed by atoms with Gasteiger partial charge in [0, 0.05) is 23.4 Å². The van der Waals surface area contributed by atoms with E-state index in [1.807, 2.05) is 13.0 Å². The number of phenolic OH excluding ortho intramolecular Hbond substituents is 1. The lowest BCUT2D eigenvalue weighted by molar-refractivity contribution is 0.0950. The lowest BCUT2D eigenvalue weighted by Gasteiger charge is -2.10. The van der Waals surface area contributed by atoms with E-state index in [0.717, 1.165) is 5.56 Å². The van der Waals surface area contributed by atoms with Crippen LogP contribution in [0.25, 0.3) is 0 Å². The molecular weight excluding hydrogens is 268 g/mol. The van der Waals surface area contributed by atoms with Crippen LogP contribution in [0.2, 0.25) is 0 Å². The van der Waals surface area contributed by atoms with Crippen molar-refractivity contribution in [3.05, 3.63) is 53.1 Å². The minimum Gasteiger partial charge on any atom is -0.508 e. The SMILES string of the molecule is COc1cc(C(=O)NCc2cc(N)ccc2O)ccc1C. The number of aromatic hydroxyl groups is 1. The molecule has 0 bridgehead atoms. The average Bonchev–Trinajstić information content (AvgIpc) is 2.48. The number of methoxy groups -OCH3 is 1. The summed E-state index contributed by atoms with van der Waals surface area (Å²) in [6, 6.07) is 9.98. The minimum atomic E-state index is -0.241. The highest BCUT2D eigenvalue weighted by atomic mass is 16.5. The average molecular weight is 286 g/mol. The lowest BCUT2D eigenvalue weighted by atomic mass is 10.1. The second-order valence-electron chi connectivity index (χ2n) is 4.76. The number of carbonyl (C=O) groups is 1. The molecule has 5 nitrogen and oxygen atoms in total. The summed E-state index contributed by atoms with van der Waals surface area (Å²) in [4.78, 5) is 12.1. The van der Waals surface area contributed by atoms with Gasteiger partial charge in [0.15, 0.2) is 0 Å². The Labute approximate surface area is 123 Å². The highest BCUT2D eigenvalue weighted by Crippen LogP contribution is 2.21. The molecule has 0 aliphatic rings. The number of ether oxygens (including phenoxy) is 1. The Bertz CT molecular complexity index is 669. The number of anilines is 1. The number of benzene rings is 2. The first-order chi connectivity index (χ1) is 10.0. The van der Waals surface area contributed by atoms with Crippen LogP contribution in [0.1, 0.15) is 21.5 Å². The quantitative estimate of drug-likeness (QED) is 0.594. The van der Waals surface area contributed by atoms with Crippen LogP contribution in [-0.2, 0) is 6.54 Å². The number of nitrogens with one attached hydrogen (secondary N) is 1. The smallest absolute Gasteiger partial charge is 0.251 e. The molecular formula is C16H18N2O3. The van der Waals surface area contributed by atoms with Gasteiger partial charge >= 0.3 is 0 Å². The topological polar surface area (TPSA) is 84.6 Å². The van der Waals surface area contributed by atoms with Crippen molar-refractivity contribution in [2.75, 3.05) is 12.8 Å². The molecule has 5 heteroatoms. The van der Waals surface area contributed by atoms with Gasteiger partial charge in [0.1, 0.15) is 11.5 Å². The monoisotopic (exact) mass is 286 g/mol. The second-order valence-corrected chi connectivity index (χ2v) is 4.76. The van der Waals surface area contributed by atoms with Gasteiger partial charge in [-0.3, -0.25) is 4.79 Å². The molecule has 0 heterocycles. The Hall–Kier alpha value is -2.69. The maximum absolute atomic E-state index is 12.1. The number of hydrogen-bond acceptors (Lipinski definition) is 4. The van der Waals surface area contributed by atoms with Crippen molar-refractivity contribution in [2.24, 2.45) is 0 Å². The van der Waals surface area contributed by atoms with Crippen LogP contribution in [0.15, 0.2) is 36.4 Å². The molecule has 0 saturated heterocycles. The van der Waals surface area contributed by atoms with E-state index in [4.69, 9.17) is 10.5 Å². The summed E-state index contributed by atoms with van der Waals surface area (Å²) in [5.41, 5.74) is 8.23. The molecule has 2 aromatic rings. The zero-order chi connectivity index (χ0) is 15.4. The van der Waals surface area contributed by atoms with E-state index in [9.17, 15) is 9.90 Å². The van der Waals surface area contributed by atoms with Crippen LogP contribution in [0.5, 0.6) is 11.5 Å². The lowest BCUT2D eigenvalue weighted by Crippen LogP contribution is -2.23. The summed E-state index contributed by atoms with van der Waals surface area (Å²) < 4.78 is 5.20. The van der Waals surface area contributed by atoms with E-state index in [-0.39, 0.29) is 18.2 Å². The molecule has 2 rings (SSSR count). The molecule has 0 saturated carbocycles. The van der Waals surface area contributed by atoms with Crippen molar-refractivity contribution in [3.8, 4) is 11.5 Å². The number of nitrogens with two attached hydrogens (primary N) is 1. The molecule has 110 valence electrons. The van der Waals surface area contributed by atoms with Crippen molar-refractivity contribution >= 4 is 11.6 Å². The summed E-state index contributed by atoms with van der Waals surface area (Å²) in [6.07, 6.45) is 0. The summed E-state index contributed by atoms with van der Waals surface area (Å²) in [7, 11) is 1.56. The second kappa shape index (κ2) is 6.17. The normalized spacial score (nSPS) is 10.2. The third kappa shape index (κ3) is 3.45. The van der Waals surface area contributed by atoms with E-state index in [1.165, 1.54) is 6.07 Å². The number of carbonyl (C=O) groups excluding carboxylic acids is 1. The third-order valence-electron chi connectivity index (χ3n) is 3.21. The maximum Gasteiger partial charge on any atom is 0.251 e. The predicted molar refractivity (Wildman–Crippen MR) is 81.4 cm³/mol. The van der Waals surface area contributed by atoms with Crippen molar-refractivity contribution in [1.29, 1.82) is 0 Å².